The number of aliphatic hydroxyl groups is 1. The lowest BCUT2D eigenvalue weighted by atomic mass is 9.99. The first-order valence-corrected chi connectivity index (χ1v) is 5.83. The predicted molar refractivity (Wildman–Crippen MR) is 54.9 cm³/mol. The van der Waals surface area contributed by atoms with Gasteiger partial charge in [-0.2, -0.15) is 0 Å². The molecule has 2 unspecified atom stereocenters. The first-order valence-electron chi connectivity index (χ1n) is 4.10. The largest absolute Gasteiger partial charge is 0.384 e. The summed E-state index contributed by atoms with van der Waals surface area (Å²) in [7, 11) is -0.986. The van der Waals surface area contributed by atoms with Gasteiger partial charge in [0.1, 0.15) is 0 Å². The zero-order valence-electron chi connectivity index (χ0n) is 7.86. The average Bonchev–Trinajstić information content (AvgIpc) is 2.04. The van der Waals surface area contributed by atoms with Gasteiger partial charge in [-0.1, -0.05) is 30.3 Å². The number of rotatable bonds is 3. The molecule has 2 atom stereocenters. The molecule has 0 heterocycles. The average molecular weight is 198 g/mol. The molecule has 2 nitrogen and oxygen atoms in total. The summed E-state index contributed by atoms with van der Waals surface area (Å²) in [6.07, 6.45) is 1.59. The maximum Gasteiger partial charge on any atom is 0.0983 e. The lowest BCUT2D eigenvalue weighted by Gasteiger charge is -2.22. The Balaban J connectivity index is 2.87. The van der Waals surface area contributed by atoms with Crippen LogP contribution in [0.1, 0.15) is 12.5 Å². The summed E-state index contributed by atoms with van der Waals surface area (Å²) in [6, 6.07) is 9.30. The highest BCUT2D eigenvalue weighted by molar-refractivity contribution is 7.84. The minimum Gasteiger partial charge on any atom is -0.384 e. The normalized spacial score (nSPS) is 17.8. The van der Waals surface area contributed by atoms with Crippen LogP contribution in [0.3, 0.4) is 0 Å². The van der Waals surface area contributed by atoms with Crippen molar-refractivity contribution in [2.24, 2.45) is 0 Å². The van der Waals surface area contributed by atoms with Crippen molar-refractivity contribution in [3.8, 4) is 0 Å². The lowest BCUT2D eigenvalue weighted by Crippen LogP contribution is -2.28. The Labute approximate surface area is 81.1 Å². The predicted octanol–water partition coefficient (Wildman–Crippen LogP) is 1.27. The van der Waals surface area contributed by atoms with Crippen molar-refractivity contribution in [2.45, 2.75) is 12.5 Å². The van der Waals surface area contributed by atoms with Crippen LogP contribution in [0.5, 0.6) is 0 Å². The molecule has 72 valence electrons. The molecule has 0 radical (unpaired) electrons. The third-order valence-electron chi connectivity index (χ3n) is 1.88. The summed E-state index contributed by atoms with van der Waals surface area (Å²) in [5, 5.41) is 9.96. The molecule has 13 heavy (non-hydrogen) atoms. The summed E-state index contributed by atoms with van der Waals surface area (Å²) in [4.78, 5) is 0. The Bertz CT molecular complexity index is 293. The van der Waals surface area contributed by atoms with E-state index in [0.29, 0.717) is 0 Å². The van der Waals surface area contributed by atoms with Crippen molar-refractivity contribution in [3.05, 3.63) is 35.9 Å². The van der Waals surface area contributed by atoms with E-state index in [1.165, 1.54) is 0 Å². The van der Waals surface area contributed by atoms with Gasteiger partial charge in [-0.15, -0.1) is 0 Å². The SMILES string of the molecule is CS(=O)CC(C)(O)c1ccccc1. The quantitative estimate of drug-likeness (QED) is 0.794. The van der Waals surface area contributed by atoms with Crippen LogP contribution in [0.25, 0.3) is 0 Å². The molecule has 3 heteroatoms. The Hall–Kier alpha value is -0.670. The molecular formula is C10H14O2S. The maximum absolute atomic E-state index is 11.0. The molecule has 1 N–H and O–H groups in total. The van der Waals surface area contributed by atoms with Gasteiger partial charge >= 0.3 is 0 Å². The number of hydrogen-bond donors (Lipinski definition) is 1. The minimum absolute atomic E-state index is 0.275. The van der Waals surface area contributed by atoms with E-state index in [4.69, 9.17) is 0 Å². The van der Waals surface area contributed by atoms with Gasteiger partial charge in [0.2, 0.25) is 0 Å². The molecular weight excluding hydrogens is 184 g/mol. The Morgan fingerprint density at radius 3 is 2.38 bits per heavy atom. The molecule has 0 aliphatic rings. The molecule has 0 aliphatic heterocycles. The highest BCUT2D eigenvalue weighted by Crippen LogP contribution is 2.20. The maximum atomic E-state index is 11.0. The molecule has 0 aromatic heterocycles. The van der Waals surface area contributed by atoms with Crippen molar-refractivity contribution in [3.63, 3.8) is 0 Å². The van der Waals surface area contributed by atoms with Crippen molar-refractivity contribution in [2.75, 3.05) is 12.0 Å². The Morgan fingerprint density at radius 2 is 1.92 bits per heavy atom. The van der Waals surface area contributed by atoms with Crippen molar-refractivity contribution in [1.82, 2.24) is 0 Å². The number of hydrogen-bond acceptors (Lipinski definition) is 2. The second kappa shape index (κ2) is 4.03. The van der Waals surface area contributed by atoms with E-state index >= 15 is 0 Å². The van der Waals surface area contributed by atoms with Gasteiger partial charge in [-0.05, 0) is 12.5 Å². The van der Waals surface area contributed by atoms with Crippen molar-refractivity contribution >= 4 is 10.8 Å². The fourth-order valence-electron chi connectivity index (χ4n) is 1.28. The van der Waals surface area contributed by atoms with Crippen LogP contribution in [0.2, 0.25) is 0 Å². The van der Waals surface area contributed by atoms with Crippen molar-refractivity contribution < 1.29 is 9.32 Å². The second-order valence-corrected chi connectivity index (χ2v) is 4.79. The highest BCUT2D eigenvalue weighted by atomic mass is 32.2. The Kier molecular flexibility index (Phi) is 3.22. The summed E-state index contributed by atoms with van der Waals surface area (Å²) in [5.74, 6) is 0.275. The fourth-order valence-corrected chi connectivity index (χ4v) is 2.23. The standard InChI is InChI=1S/C10H14O2S/c1-10(11,8-13(2)12)9-6-4-3-5-7-9/h3-7,11H,8H2,1-2H3. The van der Waals surface area contributed by atoms with E-state index in [1.54, 1.807) is 13.2 Å². The summed E-state index contributed by atoms with van der Waals surface area (Å²) >= 11 is 0. The smallest absolute Gasteiger partial charge is 0.0983 e. The molecule has 0 amide bonds. The molecule has 0 aliphatic carbocycles. The van der Waals surface area contributed by atoms with Gasteiger partial charge in [-0.25, -0.2) is 0 Å². The third-order valence-corrected chi connectivity index (χ3v) is 2.85. The van der Waals surface area contributed by atoms with Gasteiger partial charge in [0.05, 0.1) is 11.4 Å². The van der Waals surface area contributed by atoms with Crippen LogP contribution in [0, 0.1) is 0 Å². The molecule has 1 rings (SSSR count). The first-order chi connectivity index (χ1) is 6.02. The zero-order valence-corrected chi connectivity index (χ0v) is 8.67. The second-order valence-electron chi connectivity index (χ2n) is 3.36. The van der Waals surface area contributed by atoms with Gasteiger partial charge in [0.15, 0.2) is 0 Å². The van der Waals surface area contributed by atoms with Gasteiger partial charge < -0.3 is 5.11 Å². The fraction of sp³-hybridized carbons (Fsp3) is 0.400. The number of benzene rings is 1. The molecule has 0 saturated heterocycles. The topological polar surface area (TPSA) is 37.3 Å². The Morgan fingerprint density at radius 1 is 1.38 bits per heavy atom. The van der Waals surface area contributed by atoms with Crippen LogP contribution in [-0.2, 0) is 16.4 Å². The van der Waals surface area contributed by atoms with Crippen LogP contribution >= 0.6 is 0 Å². The minimum atomic E-state index is -0.986. The van der Waals surface area contributed by atoms with Gasteiger partial charge in [-0.3, -0.25) is 4.21 Å². The van der Waals surface area contributed by atoms with Gasteiger partial charge in [0.25, 0.3) is 0 Å². The highest BCUT2D eigenvalue weighted by Gasteiger charge is 2.23. The zero-order chi connectivity index (χ0) is 9.90. The monoisotopic (exact) mass is 198 g/mol. The van der Waals surface area contributed by atoms with E-state index in [1.807, 2.05) is 30.3 Å². The first kappa shape index (κ1) is 10.4. The van der Waals surface area contributed by atoms with E-state index in [-0.39, 0.29) is 5.75 Å². The summed E-state index contributed by atoms with van der Waals surface area (Å²) < 4.78 is 11.0. The molecule has 1 aromatic carbocycles. The molecule has 0 fully saturated rings. The lowest BCUT2D eigenvalue weighted by molar-refractivity contribution is 0.0831. The van der Waals surface area contributed by atoms with E-state index in [0.717, 1.165) is 5.56 Å². The van der Waals surface area contributed by atoms with E-state index < -0.39 is 16.4 Å². The molecule has 0 saturated carbocycles. The third kappa shape index (κ3) is 2.94. The van der Waals surface area contributed by atoms with Gasteiger partial charge in [0, 0.05) is 17.1 Å². The molecule has 0 spiro atoms. The van der Waals surface area contributed by atoms with Crippen molar-refractivity contribution in [1.29, 1.82) is 0 Å². The van der Waals surface area contributed by atoms with Crippen LogP contribution in [0.4, 0.5) is 0 Å². The van der Waals surface area contributed by atoms with E-state index in [2.05, 4.69) is 0 Å². The molecule has 0 bridgehead atoms. The van der Waals surface area contributed by atoms with Crippen LogP contribution in [-0.4, -0.2) is 21.3 Å². The molecule has 1 aromatic rings. The summed E-state index contributed by atoms with van der Waals surface area (Å²) in [6.45, 7) is 1.68. The summed E-state index contributed by atoms with van der Waals surface area (Å²) in [5.41, 5.74) is -0.175. The van der Waals surface area contributed by atoms with Crippen LogP contribution < -0.4 is 0 Å². The van der Waals surface area contributed by atoms with Crippen LogP contribution in [0.15, 0.2) is 30.3 Å². The van der Waals surface area contributed by atoms with E-state index in [9.17, 15) is 9.32 Å².